The first kappa shape index (κ1) is 14.1. The zero-order valence-corrected chi connectivity index (χ0v) is 11.5. The minimum atomic E-state index is -0.715. The van der Waals surface area contributed by atoms with Gasteiger partial charge in [0.25, 0.3) is 0 Å². The minimum absolute atomic E-state index is 0.214. The van der Waals surface area contributed by atoms with Crippen molar-refractivity contribution < 1.29 is 10.2 Å². The van der Waals surface area contributed by atoms with E-state index in [0.717, 1.165) is 12.1 Å². The fourth-order valence-electron chi connectivity index (χ4n) is 2.20. The van der Waals surface area contributed by atoms with E-state index < -0.39 is 6.10 Å². The van der Waals surface area contributed by atoms with Crippen LogP contribution >= 0.6 is 0 Å². The number of hydrogen-bond donors (Lipinski definition) is 3. The summed E-state index contributed by atoms with van der Waals surface area (Å²) >= 11 is 0. The Morgan fingerprint density at radius 2 is 2.05 bits per heavy atom. The number of benzene rings is 1. The van der Waals surface area contributed by atoms with Gasteiger partial charge in [0.15, 0.2) is 0 Å². The Bertz CT molecular complexity index is 534. The zero-order valence-electron chi connectivity index (χ0n) is 11.5. The van der Waals surface area contributed by atoms with Crippen molar-refractivity contribution in [1.29, 1.82) is 0 Å². The van der Waals surface area contributed by atoms with Gasteiger partial charge in [-0.1, -0.05) is 26.0 Å². The van der Waals surface area contributed by atoms with Crippen molar-refractivity contribution in [3.05, 3.63) is 36.0 Å². The van der Waals surface area contributed by atoms with Crippen molar-refractivity contribution >= 4 is 10.9 Å². The van der Waals surface area contributed by atoms with Crippen molar-refractivity contribution in [3.63, 3.8) is 0 Å². The Morgan fingerprint density at radius 1 is 1.26 bits per heavy atom. The highest BCUT2D eigenvalue weighted by atomic mass is 16.3. The minimum Gasteiger partial charge on any atom is -0.394 e. The van der Waals surface area contributed by atoms with Crippen LogP contribution in [0.25, 0.3) is 10.9 Å². The monoisotopic (exact) mass is 262 g/mol. The first-order valence-corrected chi connectivity index (χ1v) is 6.71. The molecule has 0 fully saturated rings. The molecule has 0 amide bonds. The van der Waals surface area contributed by atoms with Gasteiger partial charge in [0.2, 0.25) is 0 Å². The average Bonchev–Trinajstić information content (AvgIpc) is 2.80. The Balaban J connectivity index is 2.26. The summed E-state index contributed by atoms with van der Waals surface area (Å²) in [5, 5.41) is 23.1. The molecule has 0 saturated carbocycles. The number of aliphatic hydroxyl groups is 2. The highest BCUT2D eigenvalue weighted by molar-refractivity contribution is 5.83. The number of fused-ring (bicyclic) bond motifs is 1. The number of nitrogens with one attached hydrogen (secondary N) is 1. The van der Waals surface area contributed by atoms with Crippen molar-refractivity contribution in [2.24, 2.45) is 0 Å². The number of aromatic nitrogens is 1. The molecule has 0 aliphatic rings. The quantitative estimate of drug-likeness (QED) is 0.739. The maximum Gasteiger partial charge on any atom is 0.0949 e. The topological polar surface area (TPSA) is 57.4 Å². The van der Waals surface area contributed by atoms with E-state index in [-0.39, 0.29) is 6.61 Å². The van der Waals surface area contributed by atoms with E-state index in [1.54, 1.807) is 0 Å². The lowest BCUT2D eigenvalue weighted by Crippen LogP contribution is -2.22. The summed E-state index contributed by atoms with van der Waals surface area (Å²) in [4.78, 5) is 0. The number of hydrogen-bond acceptors (Lipinski definition) is 3. The van der Waals surface area contributed by atoms with Crippen LogP contribution in [-0.2, 0) is 13.1 Å². The SMILES string of the molecule is CC(C)NCc1cccc2c1ccn2CC(O)CO. The summed E-state index contributed by atoms with van der Waals surface area (Å²) < 4.78 is 1.98. The molecule has 0 spiro atoms. The van der Waals surface area contributed by atoms with Gasteiger partial charge in [-0.2, -0.15) is 0 Å². The van der Waals surface area contributed by atoms with Crippen LogP contribution in [0.4, 0.5) is 0 Å². The molecule has 2 rings (SSSR count). The van der Waals surface area contributed by atoms with Crippen LogP contribution in [0, 0.1) is 0 Å². The van der Waals surface area contributed by atoms with E-state index in [1.165, 1.54) is 10.9 Å². The molecule has 0 bridgehead atoms. The summed E-state index contributed by atoms with van der Waals surface area (Å²) in [6, 6.07) is 8.70. The highest BCUT2D eigenvalue weighted by Crippen LogP contribution is 2.20. The van der Waals surface area contributed by atoms with Crippen molar-refractivity contribution in [1.82, 2.24) is 9.88 Å². The van der Waals surface area contributed by atoms with Gasteiger partial charge in [-0.25, -0.2) is 0 Å². The molecule has 4 heteroatoms. The number of nitrogens with zero attached hydrogens (tertiary/aromatic N) is 1. The predicted molar refractivity (Wildman–Crippen MR) is 77.0 cm³/mol. The molecule has 0 aliphatic carbocycles. The van der Waals surface area contributed by atoms with Crippen LogP contribution in [0.15, 0.2) is 30.5 Å². The van der Waals surface area contributed by atoms with Gasteiger partial charge in [-0.3, -0.25) is 0 Å². The van der Waals surface area contributed by atoms with Crippen LogP contribution in [-0.4, -0.2) is 33.5 Å². The second-order valence-electron chi connectivity index (χ2n) is 5.19. The molecule has 104 valence electrons. The molecule has 2 aromatic rings. The molecule has 1 atom stereocenters. The molecule has 1 heterocycles. The lowest BCUT2D eigenvalue weighted by Gasteiger charge is -2.12. The van der Waals surface area contributed by atoms with Crippen molar-refractivity contribution in [2.75, 3.05) is 6.61 Å². The van der Waals surface area contributed by atoms with Crippen LogP contribution in [0.1, 0.15) is 19.4 Å². The van der Waals surface area contributed by atoms with Crippen LogP contribution in [0.3, 0.4) is 0 Å². The second-order valence-corrected chi connectivity index (χ2v) is 5.19. The Labute approximate surface area is 113 Å². The van der Waals surface area contributed by atoms with E-state index in [9.17, 15) is 5.11 Å². The van der Waals surface area contributed by atoms with E-state index >= 15 is 0 Å². The molecule has 1 unspecified atom stereocenters. The van der Waals surface area contributed by atoms with Crippen molar-refractivity contribution in [2.45, 2.75) is 39.1 Å². The van der Waals surface area contributed by atoms with Crippen LogP contribution in [0.5, 0.6) is 0 Å². The molecule has 4 nitrogen and oxygen atoms in total. The highest BCUT2D eigenvalue weighted by Gasteiger charge is 2.09. The maximum absolute atomic E-state index is 9.55. The standard InChI is InChI=1S/C15H22N2O2/c1-11(2)16-8-12-4-3-5-15-14(12)6-7-17(15)9-13(19)10-18/h3-7,11,13,16,18-19H,8-10H2,1-2H3. The normalized spacial score (nSPS) is 13.3. The molecule has 1 aromatic heterocycles. The summed E-state index contributed by atoms with van der Waals surface area (Å²) in [7, 11) is 0. The third-order valence-corrected chi connectivity index (χ3v) is 3.22. The summed E-state index contributed by atoms with van der Waals surface area (Å²) in [6.45, 7) is 5.29. The smallest absolute Gasteiger partial charge is 0.0949 e. The number of aliphatic hydroxyl groups excluding tert-OH is 2. The van der Waals surface area contributed by atoms with Gasteiger partial charge in [-0.15, -0.1) is 0 Å². The average molecular weight is 262 g/mol. The third-order valence-electron chi connectivity index (χ3n) is 3.22. The van der Waals surface area contributed by atoms with Gasteiger partial charge in [0.05, 0.1) is 19.3 Å². The lowest BCUT2D eigenvalue weighted by atomic mass is 10.1. The molecule has 0 saturated heterocycles. The fraction of sp³-hybridized carbons (Fsp3) is 0.467. The molecule has 0 aliphatic heterocycles. The van der Waals surface area contributed by atoms with E-state index in [0.29, 0.717) is 12.6 Å². The summed E-state index contributed by atoms with van der Waals surface area (Å²) in [5.74, 6) is 0. The van der Waals surface area contributed by atoms with Crippen LogP contribution in [0.2, 0.25) is 0 Å². The predicted octanol–water partition coefficient (Wildman–Crippen LogP) is 1.49. The van der Waals surface area contributed by atoms with E-state index in [4.69, 9.17) is 5.11 Å². The van der Waals surface area contributed by atoms with Crippen molar-refractivity contribution in [3.8, 4) is 0 Å². The Kier molecular flexibility index (Phi) is 4.58. The summed E-state index contributed by atoms with van der Waals surface area (Å²) in [5.41, 5.74) is 2.35. The van der Waals surface area contributed by atoms with E-state index in [2.05, 4.69) is 31.3 Å². The largest absolute Gasteiger partial charge is 0.394 e. The molecule has 19 heavy (non-hydrogen) atoms. The van der Waals surface area contributed by atoms with Gasteiger partial charge in [0, 0.05) is 29.7 Å². The molecular formula is C15H22N2O2. The fourth-order valence-corrected chi connectivity index (χ4v) is 2.20. The zero-order chi connectivity index (χ0) is 13.8. The van der Waals surface area contributed by atoms with Gasteiger partial charge < -0.3 is 20.1 Å². The van der Waals surface area contributed by atoms with Crippen LogP contribution < -0.4 is 5.32 Å². The van der Waals surface area contributed by atoms with Gasteiger partial charge >= 0.3 is 0 Å². The van der Waals surface area contributed by atoms with Gasteiger partial charge in [-0.05, 0) is 17.7 Å². The molecular weight excluding hydrogens is 240 g/mol. The molecule has 1 aromatic carbocycles. The van der Waals surface area contributed by atoms with Gasteiger partial charge in [0.1, 0.15) is 0 Å². The molecule has 3 N–H and O–H groups in total. The Morgan fingerprint density at radius 3 is 2.74 bits per heavy atom. The first-order valence-electron chi connectivity index (χ1n) is 6.71. The first-order chi connectivity index (χ1) is 9.11. The van der Waals surface area contributed by atoms with E-state index in [1.807, 2.05) is 22.9 Å². The summed E-state index contributed by atoms with van der Waals surface area (Å²) in [6.07, 6.45) is 1.25. The Hall–Kier alpha value is -1.36. The maximum atomic E-state index is 9.55. The lowest BCUT2D eigenvalue weighted by molar-refractivity contribution is 0.0822. The number of rotatable bonds is 6. The third kappa shape index (κ3) is 3.35. The molecule has 0 radical (unpaired) electrons. The second kappa shape index (κ2) is 6.19.